The van der Waals surface area contributed by atoms with E-state index in [0.29, 0.717) is 6.54 Å². The maximum atomic E-state index is 12.5. The molecule has 0 aliphatic carbocycles. The highest BCUT2D eigenvalue weighted by Gasteiger charge is 2.34. The van der Waals surface area contributed by atoms with Gasteiger partial charge in [-0.05, 0) is 31.5 Å². The Labute approximate surface area is 126 Å². The smallest absolute Gasteiger partial charge is 0.240 e. The summed E-state index contributed by atoms with van der Waals surface area (Å²) in [6, 6.07) is 7.75. The topological polar surface area (TPSA) is 53.6 Å². The number of carbonyl (C=O) groups excluding carboxylic acids is 1. The molecule has 2 N–H and O–H groups in total. The van der Waals surface area contributed by atoms with Crippen LogP contribution in [-0.4, -0.2) is 49.6 Å². The molecule has 1 aromatic carbocycles. The molecule has 0 radical (unpaired) electrons. The van der Waals surface area contributed by atoms with Crippen LogP contribution in [0.15, 0.2) is 24.3 Å². The van der Waals surface area contributed by atoms with Crippen molar-refractivity contribution in [2.75, 3.05) is 33.3 Å². The normalized spacial score (nSPS) is 16.5. The minimum absolute atomic E-state index is 0.0696. The minimum atomic E-state index is -0.478. The first-order chi connectivity index (χ1) is 10.0. The average molecular weight is 291 g/mol. The van der Waals surface area contributed by atoms with Crippen LogP contribution in [0.1, 0.15) is 19.4 Å². The Balaban J connectivity index is 1.90. The first kappa shape index (κ1) is 15.8. The number of ether oxygens (including phenoxy) is 1. The Hall–Kier alpha value is -1.59. The summed E-state index contributed by atoms with van der Waals surface area (Å²) in [5.74, 6) is 0.895. The van der Waals surface area contributed by atoms with Crippen LogP contribution in [-0.2, 0) is 11.3 Å². The fourth-order valence-electron chi connectivity index (χ4n) is 2.51. The van der Waals surface area contributed by atoms with Crippen LogP contribution >= 0.6 is 0 Å². The van der Waals surface area contributed by atoms with Crippen molar-refractivity contribution in [3.63, 3.8) is 0 Å². The highest BCUT2D eigenvalue weighted by molar-refractivity contribution is 5.85. The number of nitrogens with zero attached hydrogens (tertiary/aromatic N) is 1. The van der Waals surface area contributed by atoms with Gasteiger partial charge >= 0.3 is 0 Å². The lowest BCUT2D eigenvalue weighted by molar-refractivity contribution is -0.132. The van der Waals surface area contributed by atoms with Crippen LogP contribution in [0.3, 0.4) is 0 Å². The fraction of sp³-hybridized carbons (Fsp3) is 0.562. The Morgan fingerprint density at radius 3 is 2.48 bits per heavy atom. The summed E-state index contributed by atoms with van der Waals surface area (Å²) >= 11 is 0. The Kier molecular flexibility index (Phi) is 5.20. The van der Waals surface area contributed by atoms with Gasteiger partial charge in [0.2, 0.25) is 5.91 Å². The molecule has 21 heavy (non-hydrogen) atoms. The van der Waals surface area contributed by atoms with Crippen LogP contribution in [0.25, 0.3) is 0 Å². The van der Waals surface area contributed by atoms with Gasteiger partial charge in [-0.15, -0.1) is 0 Å². The van der Waals surface area contributed by atoms with E-state index in [1.54, 1.807) is 7.11 Å². The van der Waals surface area contributed by atoms with Gasteiger partial charge in [-0.3, -0.25) is 9.69 Å². The van der Waals surface area contributed by atoms with Crippen molar-refractivity contribution >= 4 is 5.91 Å². The number of methoxy groups -OCH3 is 1. The molecule has 1 aliphatic heterocycles. The molecule has 116 valence electrons. The van der Waals surface area contributed by atoms with Crippen molar-refractivity contribution in [2.45, 2.75) is 25.9 Å². The van der Waals surface area contributed by atoms with E-state index in [1.807, 2.05) is 38.1 Å². The standard InChI is InChI=1S/C16H25N3O2/c1-16(2,19-10-8-17-9-11-19)15(20)18-12-13-4-6-14(21-3)7-5-13/h4-7,17H,8-12H2,1-3H3,(H,18,20). The van der Waals surface area contributed by atoms with Gasteiger partial charge < -0.3 is 15.4 Å². The molecule has 1 amide bonds. The Bertz CT molecular complexity index is 465. The average Bonchev–Trinajstić information content (AvgIpc) is 2.53. The summed E-state index contributed by atoms with van der Waals surface area (Å²) in [7, 11) is 1.65. The van der Waals surface area contributed by atoms with Gasteiger partial charge in [0.1, 0.15) is 5.75 Å². The number of amides is 1. The van der Waals surface area contributed by atoms with E-state index in [2.05, 4.69) is 15.5 Å². The van der Waals surface area contributed by atoms with Crippen molar-refractivity contribution in [1.29, 1.82) is 0 Å². The van der Waals surface area contributed by atoms with E-state index < -0.39 is 5.54 Å². The largest absolute Gasteiger partial charge is 0.497 e. The van der Waals surface area contributed by atoms with Crippen molar-refractivity contribution in [3.8, 4) is 5.75 Å². The lowest BCUT2D eigenvalue weighted by Gasteiger charge is -2.39. The summed E-state index contributed by atoms with van der Waals surface area (Å²) in [4.78, 5) is 14.7. The number of piperazine rings is 1. The van der Waals surface area contributed by atoms with Crippen LogP contribution < -0.4 is 15.4 Å². The van der Waals surface area contributed by atoms with Gasteiger partial charge in [0.15, 0.2) is 0 Å². The highest BCUT2D eigenvalue weighted by atomic mass is 16.5. The molecule has 0 atom stereocenters. The molecular weight excluding hydrogens is 266 g/mol. The molecule has 1 aliphatic rings. The van der Waals surface area contributed by atoms with E-state index in [1.165, 1.54) is 0 Å². The van der Waals surface area contributed by atoms with Crippen LogP contribution in [0.2, 0.25) is 0 Å². The second-order valence-electron chi connectivity index (χ2n) is 5.83. The number of carbonyl (C=O) groups is 1. The summed E-state index contributed by atoms with van der Waals surface area (Å²) in [6.45, 7) is 8.21. The molecule has 5 nitrogen and oxygen atoms in total. The van der Waals surface area contributed by atoms with Gasteiger partial charge in [-0.25, -0.2) is 0 Å². The molecule has 0 saturated carbocycles. The molecule has 1 aromatic rings. The third kappa shape index (κ3) is 3.95. The quantitative estimate of drug-likeness (QED) is 0.850. The lowest BCUT2D eigenvalue weighted by atomic mass is 10.0. The molecule has 0 unspecified atom stereocenters. The molecule has 5 heteroatoms. The number of rotatable bonds is 5. The minimum Gasteiger partial charge on any atom is -0.497 e. The number of nitrogens with one attached hydrogen (secondary N) is 2. The zero-order valence-electron chi connectivity index (χ0n) is 13.1. The summed E-state index contributed by atoms with van der Waals surface area (Å²) in [6.07, 6.45) is 0. The molecule has 0 spiro atoms. The van der Waals surface area contributed by atoms with E-state index in [4.69, 9.17) is 4.74 Å². The Morgan fingerprint density at radius 2 is 1.90 bits per heavy atom. The molecule has 1 fully saturated rings. The first-order valence-electron chi connectivity index (χ1n) is 7.41. The molecule has 1 heterocycles. The summed E-state index contributed by atoms with van der Waals surface area (Å²) in [5, 5.41) is 6.34. The molecule has 0 aromatic heterocycles. The van der Waals surface area contributed by atoms with Crippen LogP contribution in [0.4, 0.5) is 0 Å². The van der Waals surface area contributed by atoms with E-state index in [9.17, 15) is 4.79 Å². The fourth-order valence-corrected chi connectivity index (χ4v) is 2.51. The van der Waals surface area contributed by atoms with E-state index in [0.717, 1.165) is 37.5 Å². The van der Waals surface area contributed by atoms with Gasteiger partial charge in [-0.2, -0.15) is 0 Å². The van der Waals surface area contributed by atoms with E-state index in [-0.39, 0.29) is 5.91 Å². The van der Waals surface area contributed by atoms with Crippen molar-refractivity contribution in [2.24, 2.45) is 0 Å². The highest BCUT2D eigenvalue weighted by Crippen LogP contribution is 2.16. The number of hydrogen-bond donors (Lipinski definition) is 2. The van der Waals surface area contributed by atoms with Crippen LogP contribution in [0.5, 0.6) is 5.75 Å². The molecule has 2 rings (SSSR count). The second kappa shape index (κ2) is 6.91. The maximum absolute atomic E-state index is 12.5. The van der Waals surface area contributed by atoms with Gasteiger partial charge in [0.25, 0.3) is 0 Å². The van der Waals surface area contributed by atoms with Crippen molar-refractivity contribution in [1.82, 2.24) is 15.5 Å². The SMILES string of the molecule is COc1ccc(CNC(=O)C(C)(C)N2CCNCC2)cc1. The Morgan fingerprint density at radius 1 is 1.29 bits per heavy atom. The number of benzene rings is 1. The van der Waals surface area contributed by atoms with Crippen molar-refractivity contribution < 1.29 is 9.53 Å². The maximum Gasteiger partial charge on any atom is 0.240 e. The monoisotopic (exact) mass is 291 g/mol. The predicted octanol–water partition coefficient (Wildman–Crippen LogP) is 0.995. The third-order valence-electron chi connectivity index (χ3n) is 4.08. The predicted molar refractivity (Wildman–Crippen MR) is 83.4 cm³/mol. The zero-order valence-corrected chi connectivity index (χ0v) is 13.1. The summed E-state index contributed by atoms with van der Waals surface area (Å²) < 4.78 is 5.13. The van der Waals surface area contributed by atoms with E-state index >= 15 is 0 Å². The third-order valence-corrected chi connectivity index (χ3v) is 4.08. The zero-order chi connectivity index (χ0) is 15.3. The van der Waals surface area contributed by atoms with Gasteiger partial charge in [0, 0.05) is 32.7 Å². The lowest BCUT2D eigenvalue weighted by Crippen LogP contribution is -2.59. The molecular formula is C16H25N3O2. The van der Waals surface area contributed by atoms with Crippen molar-refractivity contribution in [3.05, 3.63) is 29.8 Å². The second-order valence-corrected chi connectivity index (χ2v) is 5.83. The molecule has 0 bridgehead atoms. The van der Waals surface area contributed by atoms with Gasteiger partial charge in [-0.1, -0.05) is 12.1 Å². The van der Waals surface area contributed by atoms with Crippen LogP contribution in [0, 0.1) is 0 Å². The number of hydrogen-bond acceptors (Lipinski definition) is 4. The first-order valence-corrected chi connectivity index (χ1v) is 7.41. The molecule has 1 saturated heterocycles. The van der Waals surface area contributed by atoms with Gasteiger partial charge in [0.05, 0.1) is 12.6 Å². The summed E-state index contributed by atoms with van der Waals surface area (Å²) in [5.41, 5.74) is 0.592.